The summed E-state index contributed by atoms with van der Waals surface area (Å²) in [5, 5.41) is 8.54. The number of carboxylic acids is 1. The summed E-state index contributed by atoms with van der Waals surface area (Å²) < 4.78 is 28.0. The van der Waals surface area contributed by atoms with Crippen LogP contribution in [0, 0.1) is 0 Å². The zero-order chi connectivity index (χ0) is 10.6. The lowest BCUT2D eigenvalue weighted by Crippen LogP contribution is -2.08. The first-order valence-corrected chi connectivity index (χ1v) is 3.69. The predicted molar refractivity (Wildman–Crippen MR) is 42.7 cm³/mol. The first-order chi connectivity index (χ1) is 6.59. The fourth-order valence-electron chi connectivity index (χ4n) is 0.774. The van der Waals surface area contributed by atoms with Crippen molar-refractivity contribution in [2.45, 2.75) is 6.43 Å². The Bertz CT molecular complexity index is 330. The van der Waals surface area contributed by atoms with Gasteiger partial charge < -0.3 is 9.84 Å². The molecule has 1 N–H and O–H groups in total. The molecule has 0 bridgehead atoms. The molecule has 1 rings (SSSR count). The number of hydrogen-bond acceptors (Lipinski definition) is 3. The maximum Gasteiger partial charge on any atom is 0.337 e. The molecule has 1 aromatic rings. The highest BCUT2D eigenvalue weighted by molar-refractivity contribution is 5.87. The Morgan fingerprint density at radius 3 is 2.86 bits per heavy atom. The average Bonchev–Trinajstić information content (AvgIpc) is 2.15. The van der Waals surface area contributed by atoms with Gasteiger partial charge >= 0.3 is 5.97 Å². The number of aromatic carboxylic acids is 1. The van der Waals surface area contributed by atoms with Gasteiger partial charge in [0.05, 0.1) is 11.8 Å². The second-order valence-electron chi connectivity index (χ2n) is 2.42. The molecule has 0 atom stereocenters. The molecule has 0 saturated carbocycles. The van der Waals surface area contributed by atoms with Gasteiger partial charge in [0.25, 0.3) is 6.43 Å². The molecule has 0 spiro atoms. The van der Waals surface area contributed by atoms with E-state index in [-0.39, 0.29) is 11.3 Å². The third-order valence-electron chi connectivity index (χ3n) is 1.34. The summed E-state index contributed by atoms with van der Waals surface area (Å²) >= 11 is 0. The fourth-order valence-corrected chi connectivity index (χ4v) is 0.774. The molecular formula is C8H7F2NO3. The van der Waals surface area contributed by atoms with Crippen molar-refractivity contribution in [2.24, 2.45) is 0 Å². The Morgan fingerprint density at radius 1 is 1.57 bits per heavy atom. The van der Waals surface area contributed by atoms with Gasteiger partial charge in [0.15, 0.2) is 0 Å². The Kier molecular flexibility index (Phi) is 3.33. The molecule has 0 aliphatic carbocycles. The van der Waals surface area contributed by atoms with Gasteiger partial charge in [-0.25, -0.2) is 13.6 Å². The van der Waals surface area contributed by atoms with Crippen LogP contribution in [-0.2, 0) is 0 Å². The maximum atomic E-state index is 11.7. The van der Waals surface area contributed by atoms with Crippen molar-refractivity contribution in [3.8, 4) is 5.75 Å². The molecule has 0 saturated heterocycles. The van der Waals surface area contributed by atoms with Crippen LogP contribution >= 0.6 is 0 Å². The van der Waals surface area contributed by atoms with Crippen molar-refractivity contribution in [3.05, 3.63) is 24.0 Å². The molecule has 0 amide bonds. The van der Waals surface area contributed by atoms with Gasteiger partial charge in [0.1, 0.15) is 12.4 Å². The van der Waals surface area contributed by atoms with Crippen molar-refractivity contribution >= 4 is 5.97 Å². The van der Waals surface area contributed by atoms with E-state index in [4.69, 9.17) is 5.11 Å². The number of carbonyl (C=O) groups is 1. The molecule has 4 nitrogen and oxygen atoms in total. The molecule has 0 radical (unpaired) electrons. The van der Waals surface area contributed by atoms with Gasteiger partial charge in [0.2, 0.25) is 0 Å². The van der Waals surface area contributed by atoms with E-state index < -0.39 is 19.0 Å². The zero-order valence-electron chi connectivity index (χ0n) is 6.98. The largest absolute Gasteiger partial charge is 0.486 e. The molecule has 0 fully saturated rings. The Morgan fingerprint density at radius 2 is 2.29 bits per heavy atom. The van der Waals surface area contributed by atoms with Gasteiger partial charge in [-0.15, -0.1) is 0 Å². The van der Waals surface area contributed by atoms with Crippen LogP contribution in [-0.4, -0.2) is 29.1 Å². The Hall–Kier alpha value is -1.72. The van der Waals surface area contributed by atoms with Gasteiger partial charge in [-0.3, -0.25) is 4.98 Å². The topological polar surface area (TPSA) is 59.4 Å². The minimum Gasteiger partial charge on any atom is -0.486 e. The van der Waals surface area contributed by atoms with E-state index in [9.17, 15) is 13.6 Å². The Labute approximate surface area is 78.1 Å². The van der Waals surface area contributed by atoms with Crippen LogP contribution in [0.25, 0.3) is 0 Å². The first kappa shape index (κ1) is 10.4. The van der Waals surface area contributed by atoms with E-state index in [0.717, 1.165) is 12.3 Å². The summed E-state index contributed by atoms with van der Waals surface area (Å²) in [5.41, 5.74) is -0.100. The number of nitrogens with zero attached hydrogens (tertiary/aromatic N) is 1. The van der Waals surface area contributed by atoms with Crippen molar-refractivity contribution in [1.82, 2.24) is 4.98 Å². The van der Waals surface area contributed by atoms with E-state index in [1.165, 1.54) is 6.20 Å². The minimum absolute atomic E-state index is 0.0187. The molecule has 76 valence electrons. The lowest BCUT2D eigenvalue weighted by atomic mass is 10.3. The SMILES string of the molecule is O=C(O)c1cncc(OCC(F)F)c1. The molecule has 1 aromatic heterocycles. The Balaban J connectivity index is 2.69. The minimum atomic E-state index is -2.59. The van der Waals surface area contributed by atoms with E-state index in [1.807, 2.05) is 0 Å². The summed E-state index contributed by atoms with van der Waals surface area (Å²) in [6.07, 6.45) is -0.310. The van der Waals surface area contributed by atoms with E-state index in [2.05, 4.69) is 9.72 Å². The number of pyridine rings is 1. The summed E-state index contributed by atoms with van der Waals surface area (Å²) in [7, 11) is 0. The molecular weight excluding hydrogens is 196 g/mol. The van der Waals surface area contributed by atoms with Crippen molar-refractivity contribution < 1.29 is 23.4 Å². The van der Waals surface area contributed by atoms with Crippen molar-refractivity contribution in [1.29, 1.82) is 0 Å². The van der Waals surface area contributed by atoms with Crippen molar-refractivity contribution in [3.63, 3.8) is 0 Å². The van der Waals surface area contributed by atoms with Crippen LogP contribution in [0.1, 0.15) is 10.4 Å². The number of hydrogen-bond donors (Lipinski definition) is 1. The molecule has 6 heteroatoms. The molecule has 0 aliphatic rings. The summed E-state index contributed by atoms with van der Waals surface area (Å²) in [6, 6.07) is 1.14. The first-order valence-electron chi connectivity index (χ1n) is 3.69. The van der Waals surface area contributed by atoms with E-state index in [0.29, 0.717) is 0 Å². The second kappa shape index (κ2) is 4.50. The highest BCUT2D eigenvalue weighted by Crippen LogP contribution is 2.11. The lowest BCUT2D eigenvalue weighted by molar-refractivity contribution is 0.0694. The van der Waals surface area contributed by atoms with Gasteiger partial charge in [0, 0.05) is 6.20 Å². The highest BCUT2D eigenvalue weighted by Gasteiger charge is 2.07. The average molecular weight is 203 g/mol. The van der Waals surface area contributed by atoms with Crippen LogP contribution in [0.15, 0.2) is 18.5 Å². The second-order valence-corrected chi connectivity index (χ2v) is 2.42. The van der Waals surface area contributed by atoms with Crippen LogP contribution in [0.3, 0.4) is 0 Å². The smallest absolute Gasteiger partial charge is 0.337 e. The van der Waals surface area contributed by atoms with Crippen LogP contribution in [0.4, 0.5) is 8.78 Å². The number of aromatic nitrogens is 1. The number of alkyl halides is 2. The number of halogens is 2. The van der Waals surface area contributed by atoms with Gasteiger partial charge in [-0.1, -0.05) is 0 Å². The fraction of sp³-hybridized carbons (Fsp3) is 0.250. The lowest BCUT2D eigenvalue weighted by Gasteiger charge is -2.04. The highest BCUT2D eigenvalue weighted by atomic mass is 19.3. The molecule has 0 aromatic carbocycles. The van der Waals surface area contributed by atoms with Gasteiger partial charge in [-0.05, 0) is 6.07 Å². The molecule has 1 heterocycles. The van der Waals surface area contributed by atoms with E-state index >= 15 is 0 Å². The normalized spacial score (nSPS) is 10.2. The van der Waals surface area contributed by atoms with Crippen LogP contribution < -0.4 is 4.74 Å². The van der Waals surface area contributed by atoms with E-state index in [1.54, 1.807) is 0 Å². The monoisotopic (exact) mass is 203 g/mol. The van der Waals surface area contributed by atoms with Crippen molar-refractivity contribution in [2.75, 3.05) is 6.61 Å². The number of rotatable bonds is 4. The zero-order valence-corrected chi connectivity index (χ0v) is 6.98. The van der Waals surface area contributed by atoms with Gasteiger partial charge in [-0.2, -0.15) is 0 Å². The standard InChI is InChI=1S/C8H7F2NO3/c9-7(10)4-14-6-1-5(8(12)13)2-11-3-6/h1-3,7H,4H2,(H,12,13). The molecule has 14 heavy (non-hydrogen) atoms. The number of ether oxygens (including phenoxy) is 1. The maximum absolute atomic E-state index is 11.7. The third kappa shape index (κ3) is 2.96. The van der Waals surface area contributed by atoms with Crippen LogP contribution in [0.5, 0.6) is 5.75 Å². The molecule has 0 aliphatic heterocycles. The quantitative estimate of drug-likeness (QED) is 0.803. The summed E-state index contributed by atoms with van der Waals surface area (Å²) in [4.78, 5) is 14.0. The van der Waals surface area contributed by atoms with Crippen LogP contribution in [0.2, 0.25) is 0 Å². The predicted octanol–water partition coefficient (Wildman–Crippen LogP) is 1.42. The summed E-state index contributed by atoms with van der Waals surface area (Å²) in [5.74, 6) is -1.16. The summed E-state index contributed by atoms with van der Waals surface area (Å²) in [6.45, 7) is -0.773. The molecule has 0 unspecified atom stereocenters. The third-order valence-corrected chi connectivity index (χ3v) is 1.34. The number of carboxylic acid groups (broad SMARTS) is 1.